The summed E-state index contributed by atoms with van der Waals surface area (Å²) in [6.45, 7) is 7.32. The molecule has 0 bridgehead atoms. The second kappa shape index (κ2) is 80.7. The second-order valence-electron chi connectivity index (χ2n) is 32.1. The van der Waals surface area contributed by atoms with Crippen molar-refractivity contribution in [2.45, 2.75) is 496 Å². The molecule has 0 aromatic heterocycles. The number of aliphatic hydroxyl groups is 1. The highest BCUT2D eigenvalue weighted by molar-refractivity contribution is 7.47. The van der Waals surface area contributed by atoms with Crippen molar-refractivity contribution in [2.75, 3.05) is 39.6 Å². The Hall–Kier alpha value is -1.94. The number of phosphoric ester groups is 2. The van der Waals surface area contributed by atoms with Gasteiger partial charge in [-0.05, 0) is 31.6 Å². The lowest BCUT2D eigenvalue weighted by molar-refractivity contribution is -0.161. The van der Waals surface area contributed by atoms with Crippen LogP contribution in [0.1, 0.15) is 478 Å². The van der Waals surface area contributed by atoms with Crippen molar-refractivity contribution in [3.8, 4) is 0 Å². The molecule has 107 heavy (non-hydrogen) atoms. The number of carbonyl (C=O) groups excluding carboxylic acids is 4. The van der Waals surface area contributed by atoms with Gasteiger partial charge in [0, 0.05) is 25.7 Å². The first kappa shape index (κ1) is 105. The summed E-state index contributed by atoms with van der Waals surface area (Å²) in [7, 11) is -9.93. The number of carbonyl (C=O) groups is 4. The van der Waals surface area contributed by atoms with Crippen molar-refractivity contribution >= 4 is 39.5 Å². The summed E-state index contributed by atoms with van der Waals surface area (Å²) >= 11 is 0. The van der Waals surface area contributed by atoms with E-state index in [0.717, 1.165) is 96.3 Å². The van der Waals surface area contributed by atoms with Gasteiger partial charge in [-0.15, -0.1) is 0 Å². The molecule has 0 fully saturated rings. The second-order valence-corrected chi connectivity index (χ2v) is 35.0. The summed E-state index contributed by atoms with van der Waals surface area (Å²) in [5, 5.41) is 10.7. The van der Waals surface area contributed by atoms with Crippen molar-refractivity contribution in [3.63, 3.8) is 0 Å². The Morgan fingerprint density at radius 1 is 0.252 bits per heavy atom. The van der Waals surface area contributed by atoms with E-state index < -0.39 is 97.5 Å². The molecule has 17 nitrogen and oxygen atoms in total. The Morgan fingerprint density at radius 2 is 0.430 bits per heavy atom. The van der Waals surface area contributed by atoms with Crippen LogP contribution in [-0.4, -0.2) is 96.7 Å². The highest BCUT2D eigenvalue weighted by Crippen LogP contribution is 2.45. The summed E-state index contributed by atoms with van der Waals surface area (Å²) in [6.07, 6.45) is 75.2. The lowest BCUT2D eigenvalue weighted by Crippen LogP contribution is -2.30. The molecule has 636 valence electrons. The minimum absolute atomic E-state index is 0.108. The van der Waals surface area contributed by atoms with E-state index in [1.54, 1.807) is 0 Å². The van der Waals surface area contributed by atoms with E-state index in [9.17, 15) is 43.2 Å². The summed E-state index contributed by atoms with van der Waals surface area (Å²) in [5.74, 6) is -1.39. The monoisotopic (exact) mass is 1560 g/mol. The fourth-order valence-electron chi connectivity index (χ4n) is 13.8. The van der Waals surface area contributed by atoms with Crippen LogP contribution in [0.3, 0.4) is 0 Å². The molecule has 0 radical (unpaired) electrons. The number of hydrogen-bond donors (Lipinski definition) is 3. The van der Waals surface area contributed by atoms with Gasteiger partial charge in [-0.25, -0.2) is 9.13 Å². The van der Waals surface area contributed by atoms with Crippen molar-refractivity contribution in [3.05, 3.63) is 0 Å². The molecule has 2 unspecified atom stereocenters. The van der Waals surface area contributed by atoms with Gasteiger partial charge in [-0.1, -0.05) is 426 Å². The van der Waals surface area contributed by atoms with Crippen molar-refractivity contribution in [2.24, 2.45) is 5.92 Å². The van der Waals surface area contributed by atoms with E-state index >= 15 is 0 Å². The quantitative estimate of drug-likeness (QED) is 0.0222. The largest absolute Gasteiger partial charge is 0.472 e. The van der Waals surface area contributed by atoms with Crippen LogP contribution in [-0.2, 0) is 65.4 Å². The average Bonchev–Trinajstić information content (AvgIpc) is 0.907. The molecule has 0 heterocycles. The van der Waals surface area contributed by atoms with E-state index in [0.29, 0.717) is 31.6 Å². The predicted octanol–water partition coefficient (Wildman–Crippen LogP) is 27.2. The lowest BCUT2D eigenvalue weighted by Gasteiger charge is -2.21. The van der Waals surface area contributed by atoms with Crippen molar-refractivity contribution < 1.29 is 80.2 Å². The maximum atomic E-state index is 13.2. The first-order chi connectivity index (χ1) is 52.0. The third-order valence-corrected chi connectivity index (χ3v) is 22.7. The van der Waals surface area contributed by atoms with E-state index in [2.05, 4.69) is 34.6 Å². The van der Waals surface area contributed by atoms with Crippen LogP contribution in [0.15, 0.2) is 0 Å². The highest BCUT2D eigenvalue weighted by Gasteiger charge is 2.30. The first-order valence-corrected chi connectivity index (χ1v) is 48.6. The van der Waals surface area contributed by atoms with Crippen LogP contribution in [0.2, 0.25) is 0 Å². The number of rotatable bonds is 88. The number of esters is 4. The zero-order valence-electron chi connectivity index (χ0n) is 70.3. The van der Waals surface area contributed by atoms with Crippen LogP contribution in [0, 0.1) is 5.92 Å². The molecule has 0 aromatic carbocycles. The van der Waals surface area contributed by atoms with Gasteiger partial charge >= 0.3 is 39.5 Å². The van der Waals surface area contributed by atoms with Crippen molar-refractivity contribution in [1.29, 1.82) is 0 Å². The van der Waals surface area contributed by atoms with Gasteiger partial charge in [0.2, 0.25) is 0 Å². The smallest absolute Gasteiger partial charge is 0.462 e. The summed E-state index contributed by atoms with van der Waals surface area (Å²) in [5.41, 5.74) is 0. The molecule has 5 atom stereocenters. The normalized spacial score (nSPS) is 13.7. The van der Waals surface area contributed by atoms with Gasteiger partial charge in [-0.2, -0.15) is 0 Å². The zero-order chi connectivity index (χ0) is 78.3. The number of hydrogen-bond acceptors (Lipinski definition) is 15. The summed E-state index contributed by atoms with van der Waals surface area (Å²) in [4.78, 5) is 73.3. The molecule has 19 heteroatoms. The van der Waals surface area contributed by atoms with Gasteiger partial charge in [0.1, 0.15) is 19.3 Å². The van der Waals surface area contributed by atoms with Gasteiger partial charge < -0.3 is 33.8 Å². The Bertz CT molecular complexity index is 2030. The minimum Gasteiger partial charge on any atom is -0.462 e. The molecule has 0 aliphatic rings. The zero-order valence-corrected chi connectivity index (χ0v) is 72.1. The van der Waals surface area contributed by atoms with E-state index in [1.165, 1.54) is 295 Å². The standard InChI is InChI=1S/C88H172O17P2/c1-6-9-12-15-18-21-24-27-30-33-36-39-42-45-48-51-56-61-66-71-85(90)98-77-83(104-87(92)73-68-63-57-52-49-46-43-40-37-34-31-28-25-22-19-16-13-10-7-2)79-102-106(94,95)100-75-82(89)76-101-107(96,97)103-80-84(78-99-86(91)72-67-62-59-54-55-60-65-70-81(4)5)105-88(93)74-69-64-58-53-50-47-44-41-38-35-32-29-26-23-20-17-14-11-8-3/h81-84,89H,6-80H2,1-5H3,(H,94,95)(H,96,97)/t82-,83-,84-/m1/s1. The molecule has 0 rings (SSSR count). The average molecular weight is 1560 g/mol. The predicted molar refractivity (Wildman–Crippen MR) is 442 cm³/mol. The van der Waals surface area contributed by atoms with Crippen molar-refractivity contribution in [1.82, 2.24) is 0 Å². The van der Waals surface area contributed by atoms with Crippen LogP contribution in [0.5, 0.6) is 0 Å². The van der Waals surface area contributed by atoms with Gasteiger partial charge in [-0.3, -0.25) is 37.3 Å². The van der Waals surface area contributed by atoms with Gasteiger partial charge in [0.25, 0.3) is 0 Å². The Kier molecular flexibility index (Phi) is 79.2. The molecule has 3 N–H and O–H groups in total. The number of aliphatic hydroxyl groups excluding tert-OH is 1. The number of unbranched alkanes of at least 4 members (excludes halogenated alkanes) is 60. The maximum absolute atomic E-state index is 13.2. The topological polar surface area (TPSA) is 237 Å². The van der Waals surface area contributed by atoms with E-state index in [4.69, 9.17) is 37.0 Å². The fourth-order valence-corrected chi connectivity index (χ4v) is 15.4. The van der Waals surface area contributed by atoms with Crippen LogP contribution in [0.25, 0.3) is 0 Å². The SMILES string of the molecule is CCCCCCCCCCCCCCCCCCCCCC(=O)OC[C@H](COP(=O)(O)OC[C@@H](O)COP(=O)(O)OC[C@@H](COC(=O)CCCCCCCCCC(C)C)OC(=O)CCCCCCCCCCCCCCCCCCCCC)OC(=O)CCCCCCCCCCCCCCCCCCCCC. The van der Waals surface area contributed by atoms with Crippen LogP contribution >= 0.6 is 15.6 Å². The van der Waals surface area contributed by atoms with Crippen LogP contribution in [0.4, 0.5) is 0 Å². The van der Waals surface area contributed by atoms with Gasteiger partial charge in [0.05, 0.1) is 26.4 Å². The third-order valence-electron chi connectivity index (χ3n) is 20.8. The number of ether oxygens (including phenoxy) is 4. The maximum Gasteiger partial charge on any atom is 0.472 e. The molecule has 0 amide bonds. The molecule has 0 aliphatic heterocycles. The Morgan fingerprint density at radius 3 is 0.636 bits per heavy atom. The summed E-state index contributed by atoms with van der Waals surface area (Å²) < 4.78 is 69.0. The molecule has 0 saturated heterocycles. The highest BCUT2D eigenvalue weighted by atomic mass is 31.2. The Labute approximate surface area is 658 Å². The number of phosphoric acid groups is 2. The Balaban J connectivity index is 5.22. The van der Waals surface area contributed by atoms with Gasteiger partial charge in [0.15, 0.2) is 12.2 Å². The lowest BCUT2D eigenvalue weighted by atomic mass is 10.0. The minimum atomic E-state index is -4.97. The molecule has 0 saturated carbocycles. The third kappa shape index (κ3) is 81.9. The van der Waals surface area contributed by atoms with E-state index in [-0.39, 0.29) is 25.7 Å². The van der Waals surface area contributed by atoms with E-state index in [1.807, 2.05) is 0 Å². The molecule has 0 spiro atoms. The van der Waals surface area contributed by atoms with Crippen LogP contribution < -0.4 is 0 Å². The summed E-state index contributed by atoms with van der Waals surface area (Å²) in [6, 6.07) is 0. The molecular weight excluding hydrogens is 1390 g/mol. The first-order valence-electron chi connectivity index (χ1n) is 45.6. The molecular formula is C88H172O17P2. The molecule has 0 aromatic rings. The molecule has 0 aliphatic carbocycles. The fraction of sp³-hybridized carbons (Fsp3) is 0.955.